The smallest absolute Gasteiger partial charge is 0.243 e. The zero-order valence-electron chi connectivity index (χ0n) is 11.9. The van der Waals surface area contributed by atoms with Crippen molar-refractivity contribution in [3.05, 3.63) is 0 Å². The minimum atomic E-state index is 0.0454. The molecule has 0 spiro atoms. The molecule has 104 valence electrons. The van der Waals surface area contributed by atoms with Crippen LogP contribution >= 0.6 is 0 Å². The molecule has 1 N–H and O–H groups in total. The molecule has 5 nitrogen and oxygen atoms in total. The highest BCUT2D eigenvalue weighted by atomic mass is 16.2. The molecule has 0 aromatic carbocycles. The lowest BCUT2D eigenvalue weighted by molar-refractivity contribution is -0.127. The van der Waals surface area contributed by atoms with Gasteiger partial charge in [0.15, 0.2) is 5.96 Å². The summed E-state index contributed by atoms with van der Waals surface area (Å²) in [7, 11) is 3.52. The van der Waals surface area contributed by atoms with E-state index in [0.717, 1.165) is 38.4 Å². The first kappa shape index (κ1) is 14.8. The second-order valence-corrected chi connectivity index (χ2v) is 4.90. The van der Waals surface area contributed by atoms with Gasteiger partial charge in [0.25, 0.3) is 0 Å². The van der Waals surface area contributed by atoms with Crippen molar-refractivity contribution in [1.29, 1.82) is 0 Å². The molecule has 1 rings (SSSR count). The molecule has 0 radical (unpaired) electrons. The summed E-state index contributed by atoms with van der Waals surface area (Å²) in [6, 6.07) is 0. The number of nitrogens with one attached hydrogen (secondary N) is 1. The van der Waals surface area contributed by atoms with Gasteiger partial charge in [-0.1, -0.05) is 13.3 Å². The first-order chi connectivity index (χ1) is 8.65. The van der Waals surface area contributed by atoms with Crippen molar-refractivity contribution in [2.24, 2.45) is 4.99 Å². The van der Waals surface area contributed by atoms with Crippen LogP contribution in [0.5, 0.6) is 0 Å². The van der Waals surface area contributed by atoms with Gasteiger partial charge in [0.2, 0.25) is 5.91 Å². The summed E-state index contributed by atoms with van der Waals surface area (Å²) in [5.74, 6) is 0.945. The number of likely N-dealkylation sites (tertiary alicyclic amines) is 1. The lowest BCUT2D eigenvalue weighted by Crippen LogP contribution is -2.41. The zero-order chi connectivity index (χ0) is 13.4. The Balaban J connectivity index is 2.52. The van der Waals surface area contributed by atoms with E-state index in [9.17, 15) is 4.79 Å². The molecule has 0 aromatic rings. The Morgan fingerprint density at radius 2 is 2.00 bits per heavy atom. The molecule has 1 heterocycles. The van der Waals surface area contributed by atoms with Gasteiger partial charge in [0, 0.05) is 33.7 Å². The fourth-order valence-corrected chi connectivity index (χ4v) is 1.86. The molecular formula is C13H26N4O. The Hall–Kier alpha value is -1.26. The van der Waals surface area contributed by atoms with Crippen molar-refractivity contribution >= 4 is 11.9 Å². The van der Waals surface area contributed by atoms with Crippen molar-refractivity contribution in [3.8, 4) is 0 Å². The van der Waals surface area contributed by atoms with E-state index in [1.54, 1.807) is 19.0 Å². The van der Waals surface area contributed by atoms with Crippen LogP contribution in [0.4, 0.5) is 0 Å². The van der Waals surface area contributed by atoms with Gasteiger partial charge in [-0.15, -0.1) is 0 Å². The Morgan fingerprint density at radius 1 is 1.33 bits per heavy atom. The predicted molar refractivity (Wildman–Crippen MR) is 74.7 cm³/mol. The largest absolute Gasteiger partial charge is 0.356 e. The normalized spacial score (nSPS) is 15.9. The number of hydrogen-bond donors (Lipinski definition) is 1. The third-order valence-electron chi connectivity index (χ3n) is 3.08. The second kappa shape index (κ2) is 7.95. The molecule has 0 saturated carbocycles. The minimum absolute atomic E-state index is 0.0454. The third kappa shape index (κ3) is 4.94. The van der Waals surface area contributed by atoms with Crippen LogP contribution in [0.2, 0.25) is 0 Å². The topological polar surface area (TPSA) is 47.9 Å². The highest BCUT2D eigenvalue weighted by Gasteiger charge is 2.16. The van der Waals surface area contributed by atoms with Crippen LogP contribution in [0.1, 0.15) is 32.6 Å². The number of unbranched alkanes of at least 4 members (excludes halogenated alkanes) is 1. The summed E-state index contributed by atoms with van der Waals surface area (Å²) in [5.41, 5.74) is 0. The molecule has 18 heavy (non-hydrogen) atoms. The average Bonchev–Trinajstić information content (AvgIpc) is 2.86. The predicted octanol–water partition coefficient (Wildman–Crippen LogP) is 0.916. The van der Waals surface area contributed by atoms with Crippen LogP contribution in [0, 0.1) is 0 Å². The Kier molecular flexibility index (Phi) is 6.54. The SMILES string of the molecule is CCCCNC(=NCC(=O)N(C)C)N1CCCC1. The number of guanidine groups is 1. The van der Waals surface area contributed by atoms with E-state index in [-0.39, 0.29) is 12.5 Å². The summed E-state index contributed by atoms with van der Waals surface area (Å²) >= 11 is 0. The molecule has 0 bridgehead atoms. The molecule has 1 aliphatic heterocycles. The van der Waals surface area contributed by atoms with Gasteiger partial charge >= 0.3 is 0 Å². The van der Waals surface area contributed by atoms with Crippen molar-refractivity contribution in [3.63, 3.8) is 0 Å². The Morgan fingerprint density at radius 3 is 2.56 bits per heavy atom. The maximum Gasteiger partial charge on any atom is 0.243 e. The summed E-state index contributed by atoms with van der Waals surface area (Å²) < 4.78 is 0. The van der Waals surface area contributed by atoms with Gasteiger partial charge in [0.1, 0.15) is 6.54 Å². The minimum Gasteiger partial charge on any atom is -0.356 e. The molecule has 1 saturated heterocycles. The number of carbonyl (C=O) groups is 1. The third-order valence-corrected chi connectivity index (χ3v) is 3.08. The number of hydrogen-bond acceptors (Lipinski definition) is 2. The fraction of sp³-hybridized carbons (Fsp3) is 0.846. The highest BCUT2D eigenvalue weighted by molar-refractivity contribution is 5.84. The molecule has 0 unspecified atom stereocenters. The van der Waals surface area contributed by atoms with E-state index in [4.69, 9.17) is 0 Å². The van der Waals surface area contributed by atoms with E-state index < -0.39 is 0 Å². The van der Waals surface area contributed by atoms with Crippen molar-refractivity contribution in [1.82, 2.24) is 15.1 Å². The van der Waals surface area contributed by atoms with Crippen LogP contribution < -0.4 is 5.32 Å². The van der Waals surface area contributed by atoms with Crippen LogP contribution in [0.15, 0.2) is 4.99 Å². The molecule has 1 fully saturated rings. The van der Waals surface area contributed by atoms with Gasteiger partial charge in [0.05, 0.1) is 0 Å². The van der Waals surface area contributed by atoms with Gasteiger partial charge in [-0.25, -0.2) is 4.99 Å². The number of aliphatic imine (C=N–C) groups is 1. The highest BCUT2D eigenvalue weighted by Crippen LogP contribution is 2.07. The van der Waals surface area contributed by atoms with Crippen LogP contribution in [0.25, 0.3) is 0 Å². The first-order valence-corrected chi connectivity index (χ1v) is 6.88. The van der Waals surface area contributed by atoms with Gasteiger partial charge < -0.3 is 15.1 Å². The van der Waals surface area contributed by atoms with E-state index in [1.165, 1.54) is 12.8 Å². The lowest BCUT2D eigenvalue weighted by atomic mass is 10.3. The average molecular weight is 254 g/mol. The number of carbonyl (C=O) groups excluding carboxylic acids is 1. The van der Waals surface area contributed by atoms with Gasteiger partial charge in [-0.2, -0.15) is 0 Å². The first-order valence-electron chi connectivity index (χ1n) is 6.88. The summed E-state index contributed by atoms with van der Waals surface area (Å²) in [4.78, 5) is 19.8. The van der Waals surface area contributed by atoms with Crippen LogP contribution in [-0.4, -0.2) is 61.9 Å². The molecular weight excluding hydrogens is 228 g/mol. The fourth-order valence-electron chi connectivity index (χ4n) is 1.86. The van der Waals surface area contributed by atoms with Crippen molar-refractivity contribution in [2.45, 2.75) is 32.6 Å². The zero-order valence-corrected chi connectivity index (χ0v) is 11.9. The Bertz CT molecular complexity index is 283. The van der Waals surface area contributed by atoms with E-state index in [0.29, 0.717) is 0 Å². The van der Waals surface area contributed by atoms with Gasteiger partial charge in [-0.05, 0) is 19.3 Å². The maximum absolute atomic E-state index is 11.6. The molecule has 0 atom stereocenters. The number of likely N-dealkylation sites (N-methyl/N-ethyl adjacent to an activating group) is 1. The van der Waals surface area contributed by atoms with E-state index in [1.807, 2.05) is 0 Å². The molecule has 1 amide bonds. The molecule has 0 aromatic heterocycles. The number of amides is 1. The quantitative estimate of drug-likeness (QED) is 0.451. The Labute approximate surface area is 110 Å². The van der Waals surface area contributed by atoms with E-state index >= 15 is 0 Å². The molecule has 1 aliphatic rings. The molecule has 0 aliphatic carbocycles. The summed E-state index contributed by atoms with van der Waals surface area (Å²) in [6.07, 6.45) is 4.73. The van der Waals surface area contributed by atoms with Crippen molar-refractivity contribution < 1.29 is 4.79 Å². The lowest BCUT2D eigenvalue weighted by Gasteiger charge is -2.21. The van der Waals surface area contributed by atoms with Crippen LogP contribution in [0.3, 0.4) is 0 Å². The van der Waals surface area contributed by atoms with Gasteiger partial charge in [-0.3, -0.25) is 4.79 Å². The number of rotatable bonds is 5. The van der Waals surface area contributed by atoms with Crippen molar-refractivity contribution in [2.75, 3.05) is 40.3 Å². The summed E-state index contributed by atoms with van der Waals surface area (Å²) in [5, 5.41) is 3.36. The monoisotopic (exact) mass is 254 g/mol. The summed E-state index contributed by atoms with van der Waals surface area (Å²) in [6.45, 7) is 5.44. The standard InChI is InChI=1S/C13H26N4O/c1-4-5-8-14-13(17-9-6-7-10-17)15-11-12(18)16(2)3/h4-11H2,1-3H3,(H,14,15). The maximum atomic E-state index is 11.6. The van der Waals surface area contributed by atoms with E-state index in [2.05, 4.69) is 22.1 Å². The van der Waals surface area contributed by atoms with Crippen LogP contribution in [-0.2, 0) is 4.79 Å². The molecule has 5 heteroatoms. The second-order valence-electron chi connectivity index (χ2n) is 4.90. The number of nitrogens with zero attached hydrogens (tertiary/aromatic N) is 3.